The lowest BCUT2D eigenvalue weighted by molar-refractivity contribution is -0.00828. The topological polar surface area (TPSA) is 143 Å². The maximum Gasteiger partial charge on any atom is 0.261 e. The van der Waals surface area contributed by atoms with Crippen molar-refractivity contribution in [3.63, 3.8) is 0 Å². The molecule has 14 heteroatoms. The number of aliphatic hydroxyl groups excluding tert-OH is 1. The van der Waals surface area contributed by atoms with Crippen LogP contribution < -0.4 is 9.46 Å². The summed E-state index contributed by atoms with van der Waals surface area (Å²) < 4.78 is 79.6. The SMILES string of the molecule is C[C@@H]1CCCCO[C@@H](CN(C)S(C)(=O)=O)[C@@H](C)CN([C@@H](C)CO)C(=O)c2cc(NS(=O)(=O)c3ccc(F)cc3)ccc2O1. The number of fused-ring (bicyclic) bond motifs is 1. The highest BCUT2D eigenvalue weighted by molar-refractivity contribution is 7.92. The minimum Gasteiger partial charge on any atom is -0.490 e. The summed E-state index contributed by atoms with van der Waals surface area (Å²) in [6.45, 7) is 5.64. The lowest BCUT2D eigenvalue weighted by Gasteiger charge is -2.35. The number of sulfonamides is 2. The second-order valence-electron chi connectivity index (χ2n) is 11.1. The number of rotatable bonds is 8. The number of nitrogens with zero attached hydrogens (tertiary/aromatic N) is 2. The van der Waals surface area contributed by atoms with Crippen LogP contribution in [-0.2, 0) is 24.8 Å². The average Bonchev–Trinajstić information content (AvgIpc) is 2.94. The molecule has 2 N–H and O–H groups in total. The number of hydrogen-bond donors (Lipinski definition) is 2. The summed E-state index contributed by atoms with van der Waals surface area (Å²) in [5.74, 6) is -1.17. The Labute approximate surface area is 254 Å². The predicted molar refractivity (Wildman–Crippen MR) is 162 cm³/mol. The molecule has 0 spiro atoms. The summed E-state index contributed by atoms with van der Waals surface area (Å²) in [7, 11) is -6.11. The second-order valence-corrected chi connectivity index (χ2v) is 14.9. The zero-order chi connectivity index (χ0) is 31.9. The highest BCUT2D eigenvalue weighted by atomic mass is 32.2. The standard InChI is InChI=1S/C29H42FN3O8S2/c1-20-17-33(21(2)19-34)29(35)26-16-24(31-43(38,39)25-12-9-23(30)10-13-25)11-14-27(26)41-22(3)8-6-7-15-40-28(20)18-32(4)42(5,36)37/h9-14,16,20-22,28,31,34H,6-8,15,17-19H2,1-5H3/t20-,21-,22+,28-/m0/s1. The van der Waals surface area contributed by atoms with E-state index in [9.17, 15) is 31.1 Å². The number of amides is 1. The number of aliphatic hydroxyl groups is 1. The van der Waals surface area contributed by atoms with Gasteiger partial charge in [0.15, 0.2) is 0 Å². The second kappa shape index (κ2) is 14.8. The van der Waals surface area contributed by atoms with Gasteiger partial charge in [0.25, 0.3) is 15.9 Å². The lowest BCUT2D eigenvalue weighted by Crippen LogP contribution is -2.47. The summed E-state index contributed by atoms with van der Waals surface area (Å²) in [5, 5.41) is 10.1. The number of benzene rings is 2. The van der Waals surface area contributed by atoms with Crippen LogP contribution in [0.5, 0.6) is 5.75 Å². The first-order valence-corrected chi connectivity index (χ1v) is 17.5. The molecule has 0 fully saturated rings. The molecule has 240 valence electrons. The van der Waals surface area contributed by atoms with E-state index in [1.807, 2.05) is 13.8 Å². The summed E-state index contributed by atoms with van der Waals surface area (Å²) in [4.78, 5) is 15.4. The summed E-state index contributed by atoms with van der Waals surface area (Å²) in [6.07, 6.45) is 2.42. The number of nitrogens with one attached hydrogen (secondary N) is 1. The first-order chi connectivity index (χ1) is 20.1. The third-order valence-corrected chi connectivity index (χ3v) is 10.1. The number of anilines is 1. The molecule has 43 heavy (non-hydrogen) atoms. The highest BCUT2D eigenvalue weighted by Gasteiger charge is 2.31. The monoisotopic (exact) mass is 643 g/mol. The van der Waals surface area contributed by atoms with Gasteiger partial charge in [0.1, 0.15) is 11.6 Å². The fraction of sp³-hybridized carbons (Fsp3) is 0.552. The Kier molecular flexibility index (Phi) is 11.9. The minimum absolute atomic E-state index is 0.0843. The van der Waals surface area contributed by atoms with E-state index in [4.69, 9.17) is 9.47 Å². The van der Waals surface area contributed by atoms with Crippen LogP contribution in [0.2, 0.25) is 0 Å². The van der Waals surface area contributed by atoms with Crippen LogP contribution in [0, 0.1) is 11.7 Å². The highest BCUT2D eigenvalue weighted by Crippen LogP contribution is 2.29. The van der Waals surface area contributed by atoms with Gasteiger partial charge in [0.2, 0.25) is 10.0 Å². The molecule has 0 bridgehead atoms. The number of carbonyl (C=O) groups is 1. The van der Waals surface area contributed by atoms with E-state index >= 15 is 0 Å². The van der Waals surface area contributed by atoms with Crippen LogP contribution in [0.1, 0.15) is 50.4 Å². The fourth-order valence-electron chi connectivity index (χ4n) is 4.67. The van der Waals surface area contributed by atoms with Crippen molar-refractivity contribution in [2.24, 2.45) is 5.92 Å². The van der Waals surface area contributed by atoms with Gasteiger partial charge in [-0.2, -0.15) is 0 Å². The first kappa shape index (κ1) is 34.7. The average molecular weight is 644 g/mol. The maximum atomic E-state index is 14.1. The molecule has 1 heterocycles. The van der Waals surface area contributed by atoms with Gasteiger partial charge < -0.3 is 19.5 Å². The molecular formula is C29H42FN3O8S2. The van der Waals surface area contributed by atoms with E-state index in [1.165, 1.54) is 34.5 Å². The van der Waals surface area contributed by atoms with Gasteiger partial charge in [-0.25, -0.2) is 25.5 Å². The molecule has 11 nitrogen and oxygen atoms in total. The smallest absolute Gasteiger partial charge is 0.261 e. The number of likely N-dealkylation sites (N-methyl/N-ethyl adjacent to an activating group) is 1. The summed E-state index contributed by atoms with van der Waals surface area (Å²) >= 11 is 0. The van der Waals surface area contributed by atoms with Gasteiger partial charge >= 0.3 is 0 Å². The molecule has 3 rings (SSSR count). The third-order valence-electron chi connectivity index (χ3n) is 7.43. The normalized spacial score (nSPS) is 21.9. The minimum atomic E-state index is -4.10. The van der Waals surface area contributed by atoms with Crippen LogP contribution in [-0.4, -0.2) is 94.9 Å². The van der Waals surface area contributed by atoms with Gasteiger partial charge in [-0.1, -0.05) is 6.92 Å². The molecule has 0 unspecified atom stereocenters. The van der Waals surface area contributed by atoms with E-state index < -0.39 is 43.9 Å². The molecule has 1 amide bonds. The van der Waals surface area contributed by atoms with Crippen molar-refractivity contribution in [3.05, 3.63) is 53.8 Å². The maximum absolute atomic E-state index is 14.1. The van der Waals surface area contributed by atoms with Gasteiger partial charge in [-0.05, 0) is 75.6 Å². The van der Waals surface area contributed by atoms with Crippen LogP contribution >= 0.6 is 0 Å². The van der Waals surface area contributed by atoms with E-state index in [1.54, 1.807) is 6.92 Å². The van der Waals surface area contributed by atoms with Gasteiger partial charge in [0.05, 0.1) is 41.6 Å². The van der Waals surface area contributed by atoms with Crippen molar-refractivity contribution < 1.29 is 40.6 Å². The molecule has 0 radical (unpaired) electrons. The van der Waals surface area contributed by atoms with E-state index in [0.717, 1.165) is 36.9 Å². The molecule has 2 aromatic rings. The lowest BCUT2D eigenvalue weighted by atomic mass is 10.0. The molecule has 2 aromatic carbocycles. The summed E-state index contributed by atoms with van der Waals surface area (Å²) in [5.41, 5.74) is 0.177. The van der Waals surface area contributed by atoms with Crippen molar-refractivity contribution in [2.75, 3.05) is 44.3 Å². The van der Waals surface area contributed by atoms with Crippen molar-refractivity contribution in [3.8, 4) is 5.75 Å². The summed E-state index contributed by atoms with van der Waals surface area (Å²) in [6, 6.07) is 8.10. The van der Waals surface area contributed by atoms with Gasteiger partial charge in [-0.15, -0.1) is 0 Å². The number of carbonyl (C=O) groups excluding carboxylic acids is 1. The van der Waals surface area contributed by atoms with Gasteiger partial charge in [-0.3, -0.25) is 9.52 Å². The molecule has 1 aliphatic rings. The fourth-order valence-corrected chi connectivity index (χ4v) is 6.13. The molecule has 0 aromatic heterocycles. The van der Waals surface area contributed by atoms with Crippen molar-refractivity contribution in [2.45, 2.75) is 63.2 Å². The molecule has 0 saturated heterocycles. The molecule has 0 saturated carbocycles. The number of hydrogen-bond acceptors (Lipinski definition) is 8. The first-order valence-electron chi connectivity index (χ1n) is 14.2. The van der Waals surface area contributed by atoms with E-state index in [0.29, 0.717) is 19.4 Å². The zero-order valence-corrected chi connectivity index (χ0v) is 26.8. The van der Waals surface area contributed by atoms with Crippen LogP contribution in [0.3, 0.4) is 0 Å². The molecule has 1 aliphatic heterocycles. The van der Waals surface area contributed by atoms with Crippen molar-refractivity contribution in [1.29, 1.82) is 0 Å². The Morgan fingerprint density at radius 1 is 1.12 bits per heavy atom. The predicted octanol–water partition coefficient (Wildman–Crippen LogP) is 3.31. The number of ether oxygens (including phenoxy) is 2. The Balaban J connectivity index is 2.02. The largest absolute Gasteiger partial charge is 0.490 e. The van der Waals surface area contributed by atoms with Crippen LogP contribution in [0.25, 0.3) is 0 Å². The Bertz CT molecular complexity index is 1450. The van der Waals surface area contributed by atoms with Crippen LogP contribution in [0.15, 0.2) is 47.4 Å². The Morgan fingerprint density at radius 3 is 2.42 bits per heavy atom. The molecule has 0 aliphatic carbocycles. The zero-order valence-electron chi connectivity index (χ0n) is 25.2. The van der Waals surface area contributed by atoms with Crippen molar-refractivity contribution >= 4 is 31.6 Å². The molecular weight excluding hydrogens is 601 g/mol. The molecule has 4 atom stereocenters. The van der Waals surface area contributed by atoms with E-state index in [2.05, 4.69) is 4.72 Å². The Hall–Kier alpha value is -2.78. The van der Waals surface area contributed by atoms with Gasteiger partial charge in [0, 0.05) is 38.3 Å². The quantitative estimate of drug-likeness (QED) is 0.446. The Morgan fingerprint density at radius 2 is 1.79 bits per heavy atom. The van der Waals surface area contributed by atoms with Crippen molar-refractivity contribution in [1.82, 2.24) is 9.21 Å². The van der Waals surface area contributed by atoms with E-state index in [-0.39, 0.29) is 53.6 Å². The third kappa shape index (κ3) is 9.60. The van der Waals surface area contributed by atoms with Crippen LogP contribution in [0.4, 0.5) is 10.1 Å². The number of halogens is 1.